The van der Waals surface area contributed by atoms with Crippen LogP contribution in [0.2, 0.25) is 0 Å². The van der Waals surface area contributed by atoms with Crippen molar-refractivity contribution in [3.8, 4) is 11.1 Å². The molecule has 7 heteroatoms. The monoisotopic (exact) mass is 413 g/mol. The number of alkyl halides is 3. The fourth-order valence-electron chi connectivity index (χ4n) is 2.55. The molecule has 0 unspecified atom stereocenters. The van der Waals surface area contributed by atoms with Gasteiger partial charge < -0.3 is 5.73 Å². The molecule has 0 heterocycles. The fraction of sp³-hybridized carbons (Fsp3) is 0.0909. The molecule has 0 aliphatic rings. The van der Waals surface area contributed by atoms with Gasteiger partial charge in [-0.05, 0) is 34.4 Å². The summed E-state index contributed by atoms with van der Waals surface area (Å²) >= 11 is 1.39. The standard InChI is InChI=1S/C22H18F3N3S/c23-22(24,25)20-8-4-7-19(13-20)18-11-9-16(10-12-18)14-27-28-21(26)29-15-17-5-2-1-3-6-17/h1-14H,15H2,(H2,26,28). The van der Waals surface area contributed by atoms with E-state index in [9.17, 15) is 13.2 Å². The van der Waals surface area contributed by atoms with Crippen LogP contribution in [0.25, 0.3) is 11.1 Å². The molecule has 2 N–H and O–H groups in total. The summed E-state index contributed by atoms with van der Waals surface area (Å²) in [6.45, 7) is 0. The van der Waals surface area contributed by atoms with Gasteiger partial charge in [0.15, 0.2) is 5.17 Å². The number of benzene rings is 3. The average molecular weight is 413 g/mol. The maximum atomic E-state index is 12.9. The first kappa shape index (κ1) is 20.7. The van der Waals surface area contributed by atoms with E-state index in [0.29, 0.717) is 22.0 Å². The summed E-state index contributed by atoms with van der Waals surface area (Å²) in [5.41, 5.74) is 8.28. The minimum Gasteiger partial charge on any atom is -0.377 e. The molecule has 0 atom stereocenters. The van der Waals surface area contributed by atoms with E-state index in [4.69, 9.17) is 5.73 Å². The van der Waals surface area contributed by atoms with Gasteiger partial charge in [-0.25, -0.2) is 0 Å². The summed E-state index contributed by atoms with van der Waals surface area (Å²) in [7, 11) is 0. The topological polar surface area (TPSA) is 50.7 Å². The second-order valence-corrected chi connectivity index (χ2v) is 7.15. The lowest BCUT2D eigenvalue weighted by Gasteiger charge is -2.09. The maximum absolute atomic E-state index is 12.9. The average Bonchev–Trinajstić information content (AvgIpc) is 2.73. The van der Waals surface area contributed by atoms with Gasteiger partial charge in [0.1, 0.15) is 0 Å². The number of thioether (sulfide) groups is 1. The van der Waals surface area contributed by atoms with Crippen LogP contribution in [0.4, 0.5) is 13.2 Å². The molecule has 0 amide bonds. The summed E-state index contributed by atoms with van der Waals surface area (Å²) in [5.74, 6) is 0.706. The van der Waals surface area contributed by atoms with Crippen LogP contribution in [0.1, 0.15) is 16.7 Å². The van der Waals surface area contributed by atoms with Gasteiger partial charge in [-0.2, -0.15) is 18.3 Å². The number of amidine groups is 1. The molecule has 29 heavy (non-hydrogen) atoms. The van der Waals surface area contributed by atoms with Crippen LogP contribution in [0.5, 0.6) is 0 Å². The van der Waals surface area contributed by atoms with Crippen molar-refractivity contribution in [2.45, 2.75) is 11.9 Å². The summed E-state index contributed by atoms with van der Waals surface area (Å²) in [6, 6.07) is 22.2. The minimum atomic E-state index is -4.36. The molecular formula is C22H18F3N3S. The smallest absolute Gasteiger partial charge is 0.377 e. The first-order chi connectivity index (χ1) is 13.9. The number of halogens is 3. The molecule has 0 spiro atoms. The fourth-order valence-corrected chi connectivity index (χ4v) is 3.16. The van der Waals surface area contributed by atoms with Gasteiger partial charge in [0.25, 0.3) is 0 Å². The van der Waals surface area contributed by atoms with Crippen molar-refractivity contribution >= 4 is 23.1 Å². The predicted octanol–water partition coefficient (Wildman–Crippen LogP) is 5.95. The number of nitrogens with two attached hydrogens (primary N) is 1. The Bertz CT molecular complexity index is 998. The third-order valence-electron chi connectivity index (χ3n) is 4.03. The molecule has 0 bridgehead atoms. The molecule has 3 aromatic carbocycles. The Hall–Kier alpha value is -3.06. The summed E-state index contributed by atoms with van der Waals surface area (Å²) < 4.78 is 38.6. The third-order valence-corrected chi connectivity index (χ3v) is 4.88. The number of nitrogens with zero attached hydrogens (tertiary/aromatic N) is 2. The van der Waals surface area contributed by atoms with Gasteiger partial charge in [0, 0.05) is 5.75 Å². The first-order valence-corrected chi connectivity index (χ1v) is 9.71. The van der Waals surface area contributed by atoms with Crippen molar-refractivity contribution in [2.75, 3.05) is 0 Å². The van der Waals surface area contributed by atoms with Gasteiger partial charge in [-0.15, -0.1) is 5.10 Å². The minimum absolute atomic E-state index is 0.352. The lowest BCUT2D eigenvalue weighted by atomic mass is 10.0. The van der Waals surface area contributed by atoms with Gasteiger partial charge in [-0.1, -0.05) is 78.5 Å². The summed E-state index contributed by atoms with van der Waals surface area (Å²) in [6.07, 6.45) is -2.81. The second-order valence-electron chi connectivity index (χ2n) is 6.16. The molecule has 0 saturated carbocycles. The maximum Gasteiger partial charge on any atom is 0.416 e. The highest BCUT2D eigenvalue weighted by Crippen LogP contribution is 2.32. The molecular weight excluding hydrogens is 395 g/mol. The molecule has 3 nitrogen and oxygen atoms in total. The van der Waals surface area contributed by atoms with E-state index >= 15 is 0 Å². The van der Waals surface area contributed by atoms with Crippen molar-refractivity contribution in [2.24, 2.45) is 15.9 Å². The molecule has 0 aliphatic heterocycles. The molecule has 148 valence electrons. The van der Waals surface area contributed by atoms with Crippen LogP contribution in [0, 0.1) is 0 Å². The molecule has 0 aromatic heterocycles. The highest BCUT2D eigenvalue weighted by atomic mass is 32.2. The predicted molar refractivity (Wildman–Crippen MR) is 114 cm³/mol. The zero-order valence-corrected chi connectivity index (χ0v) is 16.1. The summed E-state index contributed by atoms with van der Waals surface area (Å²) in [5, 5.41) is 8.28. The Morgan fingerprint density at radius 3 is 2.31 bits per heavy atom. The lowest BCUT2D eigenvalue weighted by Crippen LogP contribution is -2.06. The molecule has 3 rings (SSSR count). The van der Waals surface area contributed by atoms with Crippen molar-refractivity contribution in [3.63, 3.8) is 0 Å². The summed E-state index contributed by atoms with van der Waals surface area (Å²) in [4.78, 5) is 0. The van der Waals surface area contributed by atoms with Crippen LogP contribution < -0.4 is 5.73 Å². The zero-order valence-electron chi connectivity index (χ0n) is 15.3. The highest BCUT2D eigenvalue weighted by molar-refractivity contribution is 8.13. The first-order valence-electron chi connectivity index (χ1n) is 8.73. The van der Waals surface area contributed by atoms with E-state index in [1.165, 1.54) is 17.8 Å². The van der Waals surface area contributed by atoms with Crippen molar-refractivity contribution in [1.29, 1.82) is 0 Å². The normalized spacial score (nSPS) is 12.4. The van der Waals surface area contributed by atoms with Gasteiger partial charge in [0.05, 0.1) is 11.8 Å². The Labute approximate surface area is 171 Å². The Balaban J connectivity index is 1.61. The van der Waals surface area contributed by atoms with Gasteiger partial charge >= 0.3 is 6.18 Å². The number of hydrogen-bond acceptors (Lipinski definition) is 3. The molecule has 0 aliphatic carbocycles. The number of hydrogen-bond donors (Lipinski definition) is 1. The Kier molecular flexibility index (Phi) is 6.72. The van der Waals surface area contributed by atoms with Crippen molar-refractivity contribution < 1.29 is 13.2 Å². The zero-order chi connectivity index (χ0) is 20.7. The van der Waals surface area contributed by atoms with Crippen LogP contribution in [0.15, 0.2) is 89.1 Å². The van der Waals surface area contributed by atoms with Crippen molar-refractivity contribution in [1.82, 2.24) is 0 Å². The molecule has 0 fully saturated rings. The van der Waals surface area contributed by atoms with E-state index in [0.717, 1.165) is 23.3 Å². The molecule has 3 aromatic rings. The van der Waals surface area contributed by atoms with Gasteiger partial charge in [0.2, 0.25) is 0 Å². The molecule has 0 saturated heterocycles. The Morgan fingerprint density at radius 1 is 0.897 bits per heavy atom. The third kappa shape index (κ3) is 6.22. The largest absolute Gasteiger partial charge is 0.416 e. The van der Waals surface area contributed by atoms with Crippen LogP contribution in [0.3, 0.4) is 0 Å². The van der Waals surface area contributed by atoms with Crippen LogP contribution in [-0.2, 0) is 11.9 Å². The Morgan fingerprint density at radius 2 is 1.62 bits per heavy atom. The quantitative estimate of drug-likeness (QED) is 0.319. The van der Waals surface area contributed by atoms with E-state index in [1.807, 2.05) is 30.3 Å². The SMILES string of the molecule is NC(=NN=Cc1ccc(-c2cccc(C(F)(F)F)c2)cc1)SCc1ccccc1. The number of rotatable bonds is 5. The highest BCUT2D eigenvalue weighted by Gasteiger charge is 2.30. The lowest BCUT2D eigenvalue weighted by molar-refractivity contribution is -0.137. The molecule has 0 radical (unpaired) electrons. The van der Waals surface area contributed by atoms with E-state index < -0.39 is 11.7 Å². The second kappa shape index (κ2) is 9.43. The van der Waals surface area contributed by atoms with E-state index in [-0.39, 0.29) is 0 Å². The van der Waals surface area contributed by atoms with Gasteiger partial charge in [-0.3, -0.25) is 0 Å². The van der Waals surface area contributed by atoms with Crippen LogP contribution in [-0.4, -0.2) is 11.4 Å². The van der Waals surface area contributed by atoms with Crippen LogP contribution >= 0.6 is 11.8 Å². The van der Waals surface area contributed by atoms with E-state index in [1.54, 1.807) is 36.5 Å². The van der Waals surface area contributed by atoms with E-state index in [2.05, 4.69) is 10.2 Å². The van der Waals surface area contributed by atoms with Crippen molar-refractivity contribution in [3.05, 3.63) is 95.6 Å².